The summed E-state index contributed by atoms with van der Waals surface area (Å²) in [6.45, 7) is 1.73. The van der Waals surface area contributed by atoms with E-state index < -0.39 is 11.8 Å². The molecule has 1 fully saturated rings. The summed E-state index contributed by atoms with van der Waals surface area (Å²) in [5, 5.41) is 3.20. The number of carbonyl (C=O) groups excluding carboxylic acids is 1. The third kappa shape index (κ3) is 5.09. The first-order valence-electron chi connectivity index (χ1n) is 8.06. The molecule has 1 aromatic rings. The number of halogens is 3. The van der Waals surface area contributed by atoms with Crippen molar-refractivity contribution in [3.05, 3.63) is 29.8 Å². The number of alkyl halides is 3. The second-order valence-electron chi connectivity index (χ2n) is 6.28. The molecule has 1 aliphatic rings. The van der Waals surface area contributed by atoms with E-state index in [-0.39, 0.29) is 18.2 Å². The lowest BCUT2D eigenvalue weighted by molar-refractivity contribution is -0.275. The van der Waals surface area contributed by atoms with Gasteiger partial charge in [-0.1, -0.05) is 18.2 Å². The highest BCUT2D eigenvalue weighted by atomic mass is 19.4. The molecule has 25 heavy (non-hydrogen) atoms. The molecule has 0 atom stereocenters. The largest absolute Gasteiger partial charge is 0.573 e. The standard InChI is InChI=1S/C17H23F3N2O3/c1-22(15(23)16(12-24-2)7-9-21-10-8-16)11-13-5-3-4-6-14(13)25-17(18,19)20/h3-6,21H,7-12H2,1-2H3. The van der Waals surface area contributed by atoms with E-state index in [1.54, 1.807) is 20.2 Å². The van der Waals surface area contributed by atoms with Crippen molar-refractivity contribution in [1.82, 2.24) is 10.2 Å². The molecule has 1 N–H and O–H groups in total. The molecule has 2 rings (SSSR count). The number of hydrogen-bond donors (Lipinski definition) is 1. The van der Waals surface area contributed by atoms with Crippen LogP contribution >= 0.6 is 0 Å². The third-order valence-electron chi connectivity index (χ3n) is 4.39. The lowest BCUT2D eigenvalue weighted by atomic mass is 9.78. The van der Waals surface area contributed by atoms with Crippen LogP contribution in [0.5, 0.6) is 5.75 Å². The molecule has 0 unspecified atom stereocenters. The maximum absolute atomic E-state index is 13.0. The fourth-order valence-electron chi connectivity index (χ4n) is 3.19. The molecule has 8 heteroatoms. The zero-order chi connectivity index (χ0) is 18.5. The summed E-state index contributed by atoms with van der Waals surface area (Å²) in [5.74, 6) is -0.418. The molecule has 1 heterocycles. The van der Waals surface area contributed by atoms with Crippen molar-refractivity contribution in [3.8, 4) is 5.75 Å². The lowest BCUT2D eigenvalue weighted by Gasteiger charge is -2.38. The SMILES string of the molecule is COCC1(C(=O)N(C)Cc2ccccc2OC(F)(F)F)CCNCC1. The summed E-state index contributed by atoms with van der Waals surface area (Å²) in [6, 6.07) is 5.85. The van der Waals surface area contributed by atoms with Gasteiger partial charge in [-0.05, 0) is 32.0 Å². The Morgan fingerprint density at radius 2 is 1.92 bits per heavy atom. The van der Waals surface area contributed by atoms with E-state index >= 15 is 0 Å². The monoisotopic (exact) mass is 360 g/mol. The van der Waals surface area contributed by atoms with Crippen molar-refractivity contribution in [1.29, 1.82) is 0 Å². The van der Waals surface area contributed by atoms with Gasteiger partial charge in [0.05, 0.1) is 12.0 Å². The van der Waals surface area contributed by atoms with E-state index in [9.17, 15) is 18.0 Å². The molecule has 0 saturated carbocycles. The normalized spacial score (nSPS) is 17.2. The maximum Gasteiger partial charge on any atom is 0.573 e. The summed E-state index contributed by atoms with van der Waals surface area (Å²) in [7, 11) is 3.13. The Hall–Kier alpha value is -1.80. The fraction of sp³-hybridized carbons (Fsp3) is 0.588. The van der Waals surface area contributed by atoms with Gasteiger partial charge >= 0.3 is 6.36 Å². The fourth-order valence-corrected chi connectivity index (χ4v) is 3.19. The highest BCUT2D eigenvalue weighted by molar-refractivity contribution is 5.83. The highest BCUT2D eigenvalue weighted by Gasteiger charge is 2.41. The molecule has 1 aromatic carbocycles. The second kappa shape index (κ2) is 8.05. The molecular weight excluding hydrogens is 337 g/mol. The number of ether oxygens (including phenoxy) is 2. The number of methoxy groups -OCH3 is 1. The lowest BCUT2D eigenvalue weighted by Crippen LogP contribution is -2.50. The van der Waals surface area contributed by atoms with Crippen LogP contribution in [-0.2, 0) is 16.1 Å². The zero-order valence-electron chi connectivity index (χ0n) is 14.4. The number of para-hydroxylation sites is 1. The van der Waals surface area contributed by atoms with Gasteiger partial charge in [-0.3, -0.25) is 4.79 Å². The Morgan fingerprint density at radius 1 is 1.28 bits per heavy atom. The van der Waals surface area contributed by atoms with E-state index in [0.29, 0.717) is 38.1 Å². The topological polar surface area (TPSA) is 50.8 Å². The Morgan fingerprint density at radius 3 is 2.52 bits per heavy atom. The number of amides is 1. The van der Waals surface area contributed by atoms with E-state index in [2.05, 4.69) is 10.1 Å². The van der Waals surface area contributed by atoms with Crippen LogP contribution in [0, 0.1) is 5.41 Å². The van der Waals surface area contributed by atoms with Gasteiger partial charge in [0.15, 0.2) is 0 Å². The van der Waals surface area contributed by atoms with Crippen molar-refractivity contribution >= 4 is 5.91 Å². The van der Waals surface area contributed by atoms with Crippen LogP contribution in [0.2, 0.25) is 0 Å². The number of piperidine rings is 1. The van der Waals surface area contributed by atoms with Crippen molar-refractivity contribution in [2.45, 2.75) is 25.7 Å². The van der Waals surface area contributed by atoms with Gasteiger partial charge in [0.2, 0.25) is 5.91 Å². The molecule has 140 valence electrons. The van der Waals surface area contributed by atoms with Gasteiger partial charge in [0.1, 0.15) is 5.75 Å². The maximum atomic E-state index is 13.0. The van der Waals surface area contributed by atoms with Crippen LogP contribution in [0.15, 0.2) is 24.3 Å². The number of hydrogen-bond acceptors (Lipinski definition) is 4. The van der Waals surface area contributed by atoms with E-state index in [1.807, 2.05) is 0 Å². The molecule has 1 aliphatic heterocycles. The van der Waals surface area contributed by atoms with Gasteiger partial charge in [-0.2, -0.15) is 0 Å². The Labute approximate surface area is 145 Å². The van der Waals surface area contributed by atoms with Crippen LogP contribution < -0.4 is 10.1 Å². The summed E-state index contributed by atoms with van der Waals surface area (Å²) >= 11 is 0. The molecule has 0 spiro atoms. The van der Waals surface area contributed by atoms with Crippen molar-refractivity contribution in [2.75, 3.05) is 33.9 Å². The van der Waals surface area contributed by atoms with Crippen LogP contribution in [0.3, 0.4) is 0 Å². The summed E-state index contributed by atoms with van der Waals surface area (Å²) in [4.78, 5) is 14.4. The van der Waals surface area contributed by atoms with Gasteiger partial charge in [-0.25, -0.2) is 0 Å². The minimum Gasteiger partial charge on any atom is -0.405 e. The first kappa shape index (κ1) is 19.5. The predicted molar refractivity (Wildman–Crippen MR) is 86.0 cm³/mol. The molecule has 1 amide bonds. The summed E-state index contributed by atoms with van der Waals surface area (Å²) in [6.07, 6.45) is -3.51. The van der Waals surface area contributed by atoms with Crippen LogP contribution in [0.25, 0.3) is 0 Å². The smallest absolute Gasteiger partial charge is 0.405 e. The third-order valence-corrected chi connectivity index (χ3v) is 4.39. The quantitative estimate of drug-likeness (QED) is 0.847. The number of nitrogens with zero attached hydrogens (tertiary/aromatic N) is 1. The van der Waals surface area contributed by atoms with E-state index in [4.69, 9.17) is 4.74 Å². The number of carbonyl (C=O) groups is 1. The molecule has 0 radical (unpaired) electrons. The molecule has 5 nitrogen and oxygen atoms in total. The predicted octanol–water partition coefficient (Wildman–Crippen LogP) is 2.56. The Bertz CT molecular complexity index is 581. The average Bonchev–Trinajstić information content (AvgIpc) is 2.55. The van der Waals surface area contributed by atoms with Gasteiger partial charge in [0, 0.05) is 26.3 Å². The van der Waals surface area contributed by atoms with Crippen molar-refractivity contribution in [3.63, 3.8) is 0 Å². The van der Waals surface area contributed by atoms with Crippen LogP contribution in [-0.4, -0.2) is 51.0 Å². The van der Waals surface area contributed by atoms with Gasteiger partial charge in [0.25, 0.3) is 0 Å². The average molecular weight is 360 g/mol. The highest BCUT2D eigenvalue weighted by Crippen LogP contribution is 2.33. The molecular formula is C17H23F3N2O3. The minimum atomic E-state index is -4.77. The Balaban J connectivity index is 2.15. The molecule has 0 bridgehead atoms. The minimum absolute atomic E-state index is 0.0317. The molecule has 0 aliphatic carbocycles. The second-order valence-corrected chi connectivity index (χ2v) is 6.28. The van der Waals surface area contributed by atoms with Crippen molar-refractivity contribution < 1.29 is 27.4 Å². The summed E-state index contributed by atoms with van der Waals surface area (Å²) in [5.41, 5.74) is -0.341. The van der Waals surface area contributed by atoms with Crippen molar-refractivity contribution in [2.24, 2.45) is 5.41 Å². The first-order chi connectivity index (χ1) is 11.8. The molecule has 0 aromatic heterocycles. The summed E-state index contributed by atoms with van der Waals surface area (Å²) < 4.78 is 46.9. The van der Waals surface area contributed by atoms with Gasteiger partial charge in [-0.15, -0.1) is 13.2 Å². The van der Waals surface area contributed by atoms with Crippen LogP contribution in [0.4, 0.5) is 13.2 Å². The number of rotatable bonds is 6. The Kier molecular flexibility index (Phi) is 6.29. The van der Waals surface area contributed by atoms with E-state index in [1.165, 1.54) is 23.1 Å². The zero-order valence-corrected chi connectivity index (χ0v) is 14.4. The van der Waals surface area contributed by atoms with Gasteiger partial charge < -0.3 is 19.7 Å². The first-order valence-corrected chi connectivity index (χ1v) is 8.06. The van der Waals surface area contributed by atoms with Crippen LogP contribution in [0.1, 0.15) is 18.4 Å². The number of benzene rings is 1. The van der Waals surface area contributed by atoms with E-state index in [0.717, 1.165) is 0 Å². The number of nitrogens with one attached hydrogen (secondary N) is 1. The molecule has 1 saturated heterocycles.